The fourth-order valence-electron chi connectivity index (χ4n) is 2.49. The van der Waals surface area contributed by atoms with E-state index in [1.807, 2.05) is 0 Å². The highest BCUT2D eigenvalue weighted by molar-refractivity contribution is 7.15. The summed E-state index contributed by atoms with van der Waals surface area (Å²) in [5.74, 6) is 0. The van der Waals surface area contributed by atoms with Crippen LogP contribution in [0.1, 0.15) is 44.7 Å². The third-order valence-electron chi connectivity index (χ3n) is 3.51. The Hall–Kier alpha value is -1.42. The molecule has 0 saturated heterocycles. The third-order valence-corrected chi connectivity index (χ3v) is 4.51. The van der Waals surface area contributed by atoms with Crippen molar-refractivity contribution >= 4 is 16.5 Å². The molecule has 1 N–H and O–H groups in total. The zero-order valence-corrected chi connectivity index (χ0v) is 13.5. The molecule has 3 nitrogen and oxygen atoms in total. The molecule has 1 aromatic heterocycles. The van der Waals surface area contributed by atoms with E-state index in [0.717, 1.165) is 23.0 Å². The predicted octanol–water partition coefficient (Wildman–Crippen LogP) is 4.27. The molecule has 1 heterocycles. The number of hydrogen-bond donors (Lipinski definition) is 1. The Morgan fingerprint density at radius 2 is 1.90 bits per heavy atom. The standard InChI is InChI=1S/C16H23N3S/c1-5-14-18-19-15(20-14)17-12(2)11-16(3,4)13-9-7-6-8-10-13/h6-10,12H,5,11H2,1-4H3,(H,17,19). The lowest BCUT2D eigenvalue weighted by atomic mass is 9.79. The zero-order chi connectivity index (χ0) is 14.6. The largest absolute Gasteiger partial charge is 0.358 e. The van der Waals surface area contributed by atoms with Crippen molar-refractivity contribution in [2.24, 2.45) is 0 Å². The summed E-state index contributed by atoms with van der Waals surface area (Å²) < 4.78 is 0. The first-order chi connectivity index (χ1) is 9.51. The number of anilines is 1. The molecule has 0 aliphatic heterocycles. The Balaban J connectivity index is 1.98. The van der Waals surface area contributed by atoms with Crippen molar-refractivity contribution < 1.29 is 0 Å². The summed E-state index contributed by atoms with van der Waals surface area (Å²) in [6.45, 7) is 8.89. The van der Waals surface area contributed by atoms with Crippen LogP contribution < -0.4 is 5.32 Å². The molecule has 2 rings (SSSR count). The van der Waals surface area contributed by atoms with Gasteiger partial charge in [-0.05, 0) is 30.7 Å². The van der Waals surface area contributed by atoms with Crippen molar-refractivity contribution in [1.29, 1.82) is 0 Å². The summed E-state index contributed by atoms with van der Waals surface area (Å²) in [5, 5.41) is 13.8. The first-order valence-electron chi connectivity index (χ1n) is 7.15. The Labute approximate surface area is 125 Å². The summed E-state index contributed by atoms with van der Waals surface area (Å²) in [6, 6.07) is 11.0. The van der Waals surface area contributed by atoms with E-state index in [-0.39, 0.29) is 5.41 Å². The van der Waals surface area contributed by atoms with Gasteiger partial charge in [0.1, 0.15) is 5.01 Å². The highest BCUT2D eigenvalue weighted by Gasteiger charge is 2.23. The topological polar surface area (TPSA) is 37.8 Å². The second-order valence-corrected chi connectivity index (χ2v) is 6.92. The van der Waals surface area contributed by atoms with Crippen LogP contribution >= 0.6 is 11.3 Å². The van der Waals surface area contributed by atoms with Crippen molar-refractivity contribution in [2.45, 2.75) is 52.0 Å². The van der Waals surface area contributed by atoms with E-state index in [4.69, 9.17) is 0 Å². The van der Waals surface area contributed by atoms with Gasteiger partial charge in [-0.25, -0.2) is 0 Å². The van der Waals surface area contributed by atoms with Gasteiger partial charge >= 0.3 is 0 Å². The molecule has 1 unspecified atom stereocenters. The number of rotatable bonds is 6. The Morgan fingerprint density at radius 1 is 1.20 bits per heavy atom. The quantitative estimate of drug-likeness (QED) is 0.863. The van der Waals surface area contributed by atoms with Crippen LogP contribution in [0.3, 0.4) is 0 Å². The summed E-state index contributed by atoms with van der Waals surface area (Å²) in [4.78, 5) is 0. The van der Waals surface area contributed by atoms with E-state index >= 15 is 0 Å². The number of benzene rings is 1. The minimum Gasteiger partial charge on any atom is -0.358 e. The van der Waals surface area contributed by atoms with E-state index in [2.05, 4.69) is 73.5 Å². The zero-order valence-electron chi connectivity index (χ0n) is 12.7. The summed E-state index contributed by atoms with van der Waals surface area (Å²) in [5.41, 5.74) is 1.52. The van der Waals surface area contributed by atoms with E-state index < -0.39 is 0 Å². The Kier molecular flexibility index (Phi) is 4.76. The molecule has 108 valence electrons. The van der Waals surface area contributed by atoms with Crippen LogP contribution in [-0.2, 0) is 11.8 Å². The van der Waals surface area contributed by atoms with Crippen LogP contribution in [0.15, 0.2) is 30.3 Å². The molecule has 0 saturated carbocycles. The van der Waals surface area contributed by atoms with E-state index in [9.17, 15) is 0 Å². The van der Waals surface area contributed by atoms with E-state index in [0.29, 0.717) is 6.04 Å². The molecule has 0 spiro atoms. The monoisotopic (exact) mass is 289 g/mol. The second-order valence-electron chi connectivity index (χ2n) is 5.85. The van der Waals surface area contributed by atoms with Crippen molar-refractivity contribution in [2.75, 3.05) is 5.32 Å². The molecular formula is C16H23N3S. The molecule has 0 bridgehead atoms. The van der Waals surface area contributed by atoms with Crippen LogP contribution in [0.25, 0.3) is 0 Å². The van der Waals surface area contributed by atoms with Crippen LogP contribution in [0.4, 0.5) is 5.13 Å². The SMILES string of the molecule is CCc1nnc(NC(C)CC(C)(C)c2ccccc2)s1. The van der Waals surface area contributed by atoms with Gasteiger partial charge in [0.2, 0.25) is 5.13 Å². The maximum Gasteiger partial charge on any atom is 0.205 e. The molecule has 0 aliphatic carbocycles. The highest BCUT2D eigenvalue weighted by atomic mass is 32.1. The number of aromatic nitrogens is 2. The highest BCUT2D eigenvalue weighted by Crippen LogP contribution is 2.29. The van der Waals surface area contributed by atoms with Crippen molar-refractivity contribution in [3.05, 3.63) is 40.9 Å². The van der Waals surface area contributed by atoms with Gasteiger partial charge in [-0.1, -0.05) is 62.4 Å². The molecule has 1 aromatic carbocycles. The second kappa shape index (κ2) is 6.35. The molecule has 0 aliphatic rings. The Bertz CT molecular complexity index is 534. The van der Waals surface area contributed by atoms with Crippen molar-refractivity contribution in [1.82, 2.24) is 10.2 Å². The molecule has 4 heteroatoms. The van der Waals surface area contributed by atoms with Crippen LogP contribution in [0.5, 0.6) is 0 Å². The van der Waals surface area contributed by atoms with Gasteiger partial charge in [0, 0.05) is 6.04 Å². The number of nitrogens with one attached hydrogen (secondary N) is 1. The molecule has 0 amide bonds. The van der Waals surface area contributed by atoms with Crippen LogP contribution in [0.2, 0.25) is 0 Å². The van der Waals surface area contributed by atoms with E-state index in [1.54, 1.807) is 11.3 Å². The minimum absolute atomic E-state index is 0.145. The normalized spacial score (nSPS) is 13.2. The van der Waals surface area contributed by atoms with Crippen molar-refractivity contribution in [3.8, 4) is 0 Å². The lowest BCUT2D eigenvalue weighted by Crippen LogP contribution is -2.27. The smallest absolute Gasteiger partial charge is 0.205 e. The lowest BCUT2D eigenvalue weighted by molar-refractivity contribution is 0.450. The van der Waals surface area contributed by atoms with Gasteiger partial charge in [0.25, 0.3) is 0 Å². The first-order valence-corrected chi connectivity index (χ1v) is 7.97. The predicted molar refractivity (Wildman–Crippen MR) is 86.5 cm³/mol. The van der Waals surface area contributed by atoms with Gasteiger partial charge in [-0.3, -0.25) is 0 Å². The van der Waals surface area contributed by atoms with Crippen molar-refractivity contribution in [3.63, 3.8) is 0 Å². The average molecular weight is 289 g/mol. The molecular weight excluding hydrogens is 266 g/mol. The van der Waals surface area contributed by atoms with Crippen LogP contribution in [-0.4, -0.2) is 16.2 Å². The summed E-state index contributed by atoms with van der Waals surface area (Å²) in [7, 11) is 0. The number of nitrogens with zero attached hydrogens (tertiary/aromatic N) is 2. The maximum atomic E-state index is 4.19. The Morgan fingerprint density at radius 3 is 2.50 bits per heavy atom. The number of aryl methyl sites for hydroxylation is 1. The van der Waals surface area contributed by atoms with Gasteiger partial charge in [-0.2, -0.15) is 0 Å². The van der Waals surface area contributed by atoms with Gasteiger partial charge in [0.05, 0.1) is 0 Å². The minimum atomic E-state index is 0.145. The van der Waals surface area contributed by atoms with Crippen LogP contribution in [0, 0.1) is 0 Å². The van der Waals surface area contributed by atoms with E-state index in [1.165, 1.54) is 5.56 Å². The van der Waals surface area contributed by atoms with Gasteiger partial charge in [-0.15, -0.1) is 10.2 Å². The fraction of sp³-hybridized carbons (Fsp3) is 0.500. The first kappa shape index (κ1) is 15.0. The van der Waals surface area contributed by atoms with Gasteiger partial charge in [0.15, 0.2) is 0 Å². The molecule has 0 radical (unpaired) electrons. The molecule has 20 heavy (non-hydrogen) atoms. The molecule has 2 aromatic rings. The number of hydrogen-bond acceptors (Lipinski definition) is 4. The lowest BCUT2D eigenvalue weighted by Gasteiger charge is -2.29. The molecule has 1 atom stereocenters. The molecule has 0 fully saturated rings. The third kappa shape index (κ3) is 3.79. The fourth-order valence-corrected chi connectivity index (χ4v) is 3.28. The van der Waals surface area contributed by atoms with Gasteiger partial charge < -0.3 is 5.32 Å². The summed E-state index contributed by atoms with van der Waals surface area (Å²) in [6.07, 6.45) is 2.00. The summed E-state index contributed by atoms with van der Waals surface area (Å²) >= 11 is 1.65. The average Bonchev–Trinajstić information content (AvgIpc) is 2.86. The maximum absolute atomic E-state index is 4.19.